The average molecular weight is 265 g/mol. The molecule has 2 unspecified atom stereocenters. The Morgan fingerprint density at radius 3 is 2.39 bits per heavy atom. The molecular formula is C14H19NO2S. The summed E-state index contributed by atoms with van der Waals surface area (Å²) in [5.74, 6) is 0.591. The quantitative estimate of drug-likeness (QED) is 0.787. The maximum Gasteiger partial charge on any atom is 0.243 e. The van der Waals surface area contributed by atoms with Crippen molar-refractivity contribution in [1.29, 1.82) is 0 Å². The predicted molar refractivity (Wildman–Crippen MR) is 72.8 cm³/mol. The number of nitrogens with zero attached hydrogens (tertiary/aromatic N) is 1. The van der Waals surface area contributed by atoms with Gasteiger partial charge in [-0.2, -0.15) is 4.31 Å². The Labute approximate surface area is 109 Å². The minimum absolute atomic E-state index is 0.255. The van der Waals surface area contributed by atoms with Gasteiger partial charge in [0, 0.05) is 13.1 Å². The lowest BCUT2D eigenvalue weighted by Gasteiger charge is -2.16. The van der Waals surface area contributed by atoms with Crippen LogP contribution in [0.5, 0.6) is 0 Å². The van der Waals surface area contributed by atoms with Crippen molar-refractivity contribution in [1.82, 2.24) is 4.31 Å². The number of benzene rings is 1. The molecule has 0 amide bonds. The molecule has 2 atom stereocenters. The van der Waals surface area contributed by atoms with Crippen molar-refractivity contribution in [2.75, 3.05) is 13.1 Å². The number of sulfonamides is 1. The highest BCUT2D eigenvalue weighted by Crippen LogP contribution is 2.28. The van der Waals surface area contributed by atoms with Crippen LogP contribution >= 0.6 is 0 Å². The molecule has 1 fully saturated rings. The van der Waals surface area contributed by atoms with E-state index in [-0.39, 0.29) is 5.92 Å². The van der Waals surface area contributed by atoms with E-state index in [1.807, 2.05) is 25.1 Å². The molecule has 0 aliphatic carbocycles. The Balaban J connectivity index is 2.27. The van der Waals surface area contributed by atoms with E-state index in [9.17, 15) is 8.42 Å². The van der Waals surface area contributed by atoms with Crippen LogP contribution in [-0.2, 0) is 10.0 Å². The fourth-order valence-electron chi connectivity index (χ4n) is 2.31. The molecule has 1 aliphatic heterocycles. The largest absolute Gasteiger partial charge is 0.243 e. The summed E-state index contributed by atoms with van der Waals surface area (Å²) in [6, 6.07) is 7.02. The fourth-order valence-corrected chi connectivity index (χ4v) is 3.89. The first kappa shape index (κ1) is 13.3. The van der Waals surface area contributed by atoms with Gasteiger partial charge in [-0.25, -0.2) is 8.42 Å². The van der Waals surface area contributed by atoms with Gasteiger partial charge in [0.25, 0.3) is 0 Å². The van der Waals surface area contributed by atoms with Crippen molar-refractivity contribution < 1.29 is 8.42 Å². The molecule has 1 aromatic rings. The van der Waals surface area contributed by atoms with E-state index in [0.29, 0.717) is 23.9 Å². The summed E-state index contributed by atoms with van der Waals surface area (Å²) >= 11 is 0. The highest BCUT2D eigenvalue weighted by atomic mass is 32.2. The average Bonchev–Trinajstić information content (AvgIpc) is 2.72. The van der Waals surface area contributed by atoms with E-state index < -0.39 is 10.0 Å². The van der Waals surface area contributed by atoms with Crippen molar-refractivity contribution in [3.05, 3.63) is 42.5 Å². The lowest BCUT2D eigenvalue weighted by molar-refractivity contribution is 0.464. The molecule has 3 nitrogen and oxygen atoms in total. The van der Waals surface area contributed by atoms with E-state index in [1.165, 1.54) is 0 Å². The van der Waals surface area contributed by atoms with Crippen LogP contribution in [0, 0.1) is 18.8 Å². The van der Waals surface area contributed by atoms with Gasteiger partial charge in [0.1, 0.15) is 0 Å². The zero-order valence-electron chi connectivity index (χ0n) is 10.8. The molecule has 98 valence electrons. The minimum atomic E-state index is -3.35. The van der Waals surface area contributed by atoms with Gasteiger partial charge in [-0.15, -0.1) is 6.58 Å². The highest BCUT2D eigenvalue weighted by Gasteiger charge is 2.35. The van der Waals surface area contributed by atoms with Crippen LogP contribution in [0.15, 0.2) is 41.8 Å². The van der Waals surface area contributed by atoms with Crippen molar-refractivity contribution in [2.24, 2.45) is 11.8 Å². The van der Waals surface area contributed by atoms with Crippen LogP contribution < -0.4 is 0 Å². The molecule has 2 rings (SSSR count). The zero-order chi connectivity index (χ0) is 13.3. The van der Waals surface area contributed by atoms with Gasteiger partial charge in [-0.1, -0.05) is 30.7 Å². The molecule has 0 spiro atoms. The third-order valence-electron chi connectivity index (χ3n) is 3.60. The smallest absolute Gasteiger partial charge is 0.207 e. The van der Waals surface area contributed by atoms with Gasteiger partial charge < -0.3 is 0 Å². The summed E-state index contributed by atoms with van der Waals surface area (Å²) in [6.45, 7) is 8.90. The van der Waals surface area contributed by atoms with Crippen LogP contribution in [0.3, 0.4) is 0 Å². The molecule has 0 saturated carbocycles. The second-order valence-corrected chi connectivity index (χ2v) is 6.95. The van der Waals surface area contributed by atoms with E-state index in [4.69, 9.17) is 0 Å². The van der Waals surface area contributed by atoms with Crippen molar-refractivity contribution >= 4 is 10.0 Å². The molecule has 0 aromatic heterocycles. The monoisotopic (exact) mass is 265 g/mol. The second-order valence-electron chi connectivity index (χ2n) is 5.01. The van der Waals surface area contributed by atoms with E-state index in [2.05, 4.69) is 13.5 Å². The summed E-state index contributed by atoms with van der Waals surface area (Å²) < 4.78 is 26.5. The van der Waals surface area contributed by atoms with Gasteiger partial charge in [-0.05, 0) is 30.9 Å². The molecule has 18 heavy (non-hydrogen) atoms. The Morgan fingerprint density at radius 1 is 1.28 bits per heavy atom. The first-order valence-corrected chi connectivity index (χ1v) is 7.58. The van der Waals surface area contributed by atoms with Gasteiger partial charge >= 0.3 is 0 Å². The van der Waals surface area contributed by atoms with Gasteiger partial charge in [0.15, 0.2) is 0 Å². The summed E-state index contributed by atoms with van der Waals surface area (Å²) in [7, 11) is -3.35. The lowest BCUT2D eigenvalue weighted by Crippen LogP contribution is -2.29. The van der Waals surface area contributed by atoms with Crippen molar-refractivity contribution in [3.63, 3.8) is 0 Å². The molecule has 4 heteroatoms. The predicted octanol–water partition coefficient (Wildman–Crippen LogP) is 2.44. The van der Waals surface area contributed by atoms with E-state index >= 15 is 0 Å². The molecule has 1 aliphatic rings. The van der Waals surface area contributed by atoms with Crippen LogP contribution in [-0.4, -0.2) is 25.8 Å². The van der Waals surface area contributed by atoms with Crippen LogP contribution in [0.2, 0.25) is 0 Å². The highest BCUT2D eigenvalue weighted by molar-refractivity contribution is 7.89. The second kappa shape index (κ2) is 4.86. The minimum Gasteiger partial charge on any atom is -0.207 e. The maximum atomic E-state index is 12.4. The molecule has 0 bridgehead atoms. The standard InChI is InChI=1S/C14H19NO2S/c1-4-13-10-15(9-12(13)3)18(16,17)14-7-5-11(2)6-8-14/h4-8,12-13H,1,9-10H2,2-3H3. The fraction of sp³-hybridized carbons (Fsp3) is 0.429. The maximum absolute atomic E-state index is 12.4. The topological polar surface area (TPSA) is 37.4 Å². The van der Waals surface area contributed by atoms with Crippen molar-refractivity contribution in [3.8, 4) is 0 Å². The van der Waals surface area contributed by atoms with Crippen LogP contribution in [0.4, 0.5) is 0 Å². The van der Waals surface area contributed by atoms with Gasteiger partial charge in [0.05, 0.1) is 4.90 Å². The van der Waals surface area contributed by atoms with E-state index in [1.54, 1.807) is 16.4 Å². The zero-order valence-corrected chi connectivity index (χ0v) is 11.7. The lowest BCUT2D eigenvalue weighted by atomic mass is 9.99. The Morgan fingerprint density at radius 2 is 1.89 bits per heavy atom. The molecule has 1 aromatic carbocycles. The van der Waals surface area contributed by atoms with Gasteiger partial charge in [0.2, 0.25) is 10.0 Å². The number of hydrogen-bond donors (Lipinski definition) is 0. The first-order chi connectivity index (χ1) is 8.45. The summed E-state index contributed by atoms with van der Waals surface area (Å²) in [6.07, 6.45) is 1.86. The third kappa shape index (κ3) is 2.35. The summed E-state index contributed by atoms with van der Waals surface area (Å²) in [4.78, 5) is 0.380. The Kier molecular flexibility index (Phi) is 3.59. The normalized spacial score (nSPS) is 25.2. The SMILES string of the molecule is C=CC1CN(S(=O)(=O)c2ccc(C)cc2)CC1C. The molecule has 0 N–H and O–H groups in total. The first-order valence-electron chi connectivity index (χ1n) is 6.14. The van der Waals surface area contributed by atoms with Crippen molar-refractivity contribution in [2.45, 2.75) is 18.7 Å². The number of aryl methyl sites for hydroxylation is 1. The molecular weight excluding hydrogens is 246 g/mol. The van der Waals surface area contributed by atoms with Crippen LogP contribution in [0.25, 0.3) is 0 Å². The third-order valence-corrected chi connectivity index (χ3v) is 5.44. The molecule has 1 heterocycles. The molecule has 0 radical (unpaired) electrons. The van der Waals surface area contributed by atoms with Gasteiger partial charge in [-0.3, -0.25) is 0 Å². The molecule has 1 saturated heterocycles. The Bertz CT molecular complexity index is 533. The van der Waals surface area contributed by atoms with E-state index in [0.717, 1.165) is 5.56 Å². The number of rotatable bonds is 3. The van der Waals surface area contributed by atoms with Crippen LogP contribution in [0.1, 0.15) is 12.5 Å². The summed E-state index contributed by atoms with van der Waals surface area (Å²) in [5, 5.41) is 0. The number of hydrogen-bond acceptors (Lipinski definition) is 2. The Hall–Kier alpha value is -1.13. The summed E-state index contributed by atoms with van der Waals surface area (Å²) in [5.41, 5.74) is 1.06.